The van der Waals surface area contributed by atoms with E-state index in [0.717, 1.165) is 0 Å². The summed E-state index contributed by atoms with van der Waals surface area (Å²) in [4.78, 5) is 23.9. The topological polar surface area (TPSA) is 88.4 Å². The fourth-order valence-electron chi connectivity index (χ4n) is 1.86. The molecule has 0 saturated carbocycles. The van der Waals surface area contributed by atoms with E-state index in [0.29, 0.717) is 21.5 Å². The normalized spacial score (nSPS) is 9.71. The van der Waals surface area contributed by atoms with Crippen molar-refractivity contribution in [3.8, 4) is 11.8 Å². The van der Waals surface area contributed by atoms with Crippen LogP contribution in [-0.2, 0) is 9.53 Å². The minimum Gasteiger partial charge on any atom is -0.497 e. The molecule has 24 heavy (non-hydrogen) atoms. The third-order valence-electron chi connectivity index (χ3n) is 3.00. The summed E-state index contributed by atoms with van der Waals surface area (Å²) in [7, 11) is 1.49. The first-order valence-corrected chi connectivity index (χ1v) is 7.63. The first kappa shape index (κ1) is 17.5. The molecule has 0 saturated heterocycles. The van der Waals surface area contributed by atoms with Crippen molar-refractivity contribution in [2.24, 2.45) is 0 Å². The van der Waals surface area contributed by atoms with E-state index in [4.69, 9.17) is 14.7 Å². The molecule has 7 heteroatoms. The number of benzene rings is 2. The van der Waals surface area contributed by atoms with Crippen LogP contribution in [0.4, 0.5) is 5.69 Å². The first-order chi connectivity index (χ1) is 11.5. The number of amides is 1. The van der Waals surface area contributed by atoms with Crippen molar-refractivity contribution in [1.82, 2.24) is 0 Å². The van der Waals surface area contributed by atoms with Gasteiger partial charge in [-0.3, -0.25) is 4.79 Å². The number of halogens is 1. The van der Waals surface area contributed by atoms with Crippen molar-refractivity contribution in [3.05, 3.63) is 58.1 Å². The number of nitrogens with one attached hydrogen (secondary N) is 1. The van der Waals surface area contributed by atoms with Crippen LogP contribution in [0.2, 0.25) is 0 Å². The highest BCUT2D eigenvalue weighted by Gasteiger charge is 2.15. The van der Waals surface area contributed by atoms with Crippen molar-refractivity contribution < 1.29 is 19.1 Å². The van der Waals surface area contributed by atoms with E-state index in [2.05, 4.69) is 21.2 Å². The fourth-order valence-corrected chi connectivity index (χ4v) is 2.27. The van der Waals surface area contributed by atoms with E-state index < -0.39 is 18.5 Å². The molecule has 0 spiro atoms. The number of methoxy groups -OCH3 is 1. The van der Waals surface area contributed by atoms with Gasteiger partial charge in [-0.25, -0.2) is 4.79 Å². The zero-order valence-corrected chi connectivity index (χ0v) is 14.3. The summed E-state index contributed by atoms with van der Waals surface area (Å²) in [6.45, 7) is -0.445. The maximum Gasteiger partial charge on any atom is 0.339 e. The molecule has 0 heterocycles. The number of hydrogen-bond donors (Lipinski definition) is 1. The molecule has 0 aliphatic carbocycles. The Morgan fingerprint density at radius 1 is 1.25 bits per heavy atom. The van der Waals surface area contributed by atoms with Crippen LogP contribution in [0.3, 0.4) is 0 Å². The molecule has 0 aromatic heterocycles. The highest BCUT2D eigenvalue weighted by atomic mass is 79.9. The number of nitriles is 1. The summed E-state index contributed by atoms with van der Waals surface area (Å²) in [5.74, 6) is -0.651. The molecule has 2 aromatic carbocycles. The summed E-state index contributed by atoms with van der Waals surface area (Å²) in [6.07, 6.45) is 0. The lowest BCUT2D eigenvalue weighted by atomic mass is 10.2. The molecular formula is C17H13BrN2O4. The SMILES string of the molecule is COc1ccc(Br)c(C(=O)OCC(=O)Nc2cccc(C#N)c2)c1. The van der Waals surface area contributed by atoms with Gasteiger partial charge in [-0.1, -0.05) is 6.07 Å². The van der Waals surface area contributed by atoms with Crippen LogP contribution in [-0.4, -0.2) is 25.6 Å². The first-order valence-electron chi connectivity index (χ1n) is 6.84. The summed E-state index contributed by atoms with van der Waals surface area (Å²) < 4.78 is 10.6. The number of esters is 1. The molecular weight excluding hydrogens is 376 g/mol. The van der Waals surface area contributed by atoms with Crippen molar-refractivity contribution in [1.29, 1.82) is 5.26 Å². The number of anilines is 1. The molecule has 0 fully saturated rings. The summed E-state index contributed by atoms with van der Waals surface area (Å²) >= 11 is 3.25. The molecule has 0 atom stereocenters. The number of carbonyl (C=O) groups is 2. The molecule has 1 amide bonds. The Kier molecular flexibility index (Phi) is 5.93. The summed E-state index contributed by atoms with van der Waals surface area (Å²) in [5, 5.41) is 11.4. The van der Waals surface area contributed by atoms with Crippen LogP contribution >= 0.6 is 15.9 Å². The van der Waals surface area contributed by atoms with Gasteiger partial charge in [-0.05, 0) is 52.3 Å². The van der Waals surface area contributed by atoms with Gasteiger partial charge in [0.25, 0.3) is 5.91 Å². The standard InChI is InChI=1S/C17H13BrN2O4/c1-23-13-5-6-15(18)14(8-13)17(22)24-10-16(21)20-12-4-2-3-11(7-12)9-19/h2-8H,10H2,1H3,(H,20,21). The zero-order valence-electron chi connectivity index (χ0n) is 12.7. The maximum atomic E-state index is 12.1. The number of carbonyl (C=O) groups excluding carboxylic acids is 2. The predicted molar refractivity (Wildman–Crippen MR) is 90.8 cm³/mol. The highest BCUT2D eigenvalue weighted by Crippen LogP contribution is 2.23. The van der Waals surface area contributed by atoms with Gasteiger partial charge in [0.2, 0.25) is 0 Å². The highest BCUT2D eigenvalue weighted by molar-refractivity contribution is 9.10. The van der Waals surface area contributed by atoms with Crippen LogP contribution in [0, 0.1) is 11.3 Å². The Hall–Kier alpha value is -2.85. The second-order valence-electron chi connectivity index (χ2n) is 4.66. The lowest BCUT2D eigenvalue weighted by Crippen LogP contribution is -2.21. The molecule has 2 aromatic rings. The molecule has 0 aliphatic rings. The van der Waals surface area contributed by atoms with Gasteiger partial charge in [-0.2, -0.15) is 5.26 Å². The average molecular weight is 389 g/mol. The quantitative estimate of drug-likeness (QED) is 0.794. The Morgan fingerprint density at radius 3 is 2.75 bits per heavy atom. The monoisotopic (exact) mass is 388 g/mol. The molecule has 2 rings (SSSR count). The van der Waals surface area contributed by atoms with Crippen molar-refractivity contribution in [2.75, 3.05) is 19.0 Å². The van der Waals surface area contributed by atoms with Crippen LogP contribution in [0.15, 0.2) is 46.9 Å². The lowest BCUT2D eigenvalue weighted by Gasteiger charge is -2.09. The summed E-state index contributed by atoms with van der Waals surface area (Å²) in [6, 6.07) is 13.3. The fraction of sp³-hybridized carbons (Fsp3) is 0.118. The van der Waals surface area contributed by atoms with Crippen LogP contribution < -0.4 is 10.1 Å². The third-order valence-corrected chi connectivity index (χ3v) is 3.69. The van der Waals surface area contributed by atoms with Gasteiger partial charge in [0, 0.05) is 10.2 Å². The van der Waals surface area contributed by atoms with E-state index in [-0.39, 0.29) is 5.56 Å². The lowest BCUT2D eigenvalue weighted by molar-refractivity contribution is -0.119. The van der Waals surface area contributed by atoms with Crippen LogP contribution in [0.5, 0.6) is 5.75 Å². The number of hydrogen-bond acceptors (Lipinski definition) is 5. The molecule has 0 aliphatic heterocycles. The number of ether oxygens (including phenoxy) is 2. The van der Waals surface area contributed by atoms with Crippen LogP contribution in [0.1, 0.15) is 15.9 Å². The average Bonchev–Trinajstić information content (AvgIpc) is 2.60. The van der Waals surface area contributed by atoms with Gasteiger partial charge in [0.15, 0.2) is 6.61 Å². The predicted octanol–water partition coefficient (Wildman–Crippen LogP) is 3.12. The number of nitrogens with zero attached hydrogens (tertiary/aromatic N) is 1. The minimum atomic E-state index is -0.651. The molecule has 6 nitrogen and oxygen atoms in total. The third kappa shape index (κ3) is 4.57. The molecule has 0 unspecified atom stereocenters. The van der Waals surface area contributed by atoms with Crippen molar-refractivity contribution in [3.63, 3.8) is 0 Å². The van der Waals surface area contributed by atoms with Crippen molar-refractivity contribution in [2.45, 2.75) is 0 Å². The molecule has 0 radical (unpaired) electrons. The maximum absolute atomic E-state index is 12.1. The van der Waals surface area contributed by atoms with Gasteiger partial charge in [0.1, 0.15) is 5.75 Å². The van der Waals surface area contributed by atoms with Gasteiger partial charge < -0.3 is 14.8 Å². The Bertz CT molecular complexity index is 814. The molecule has 0 bridgehead atoms. The van der Waals surface area contributed by atoms with Crippen LogP contribution in [0.25, 0.3) is 0 Å². The molecule has 1 N–H and O–H groups in total. The molecule has 122 valence electrons. The Balaban J connectivity index is 1.96. The minimum absolute atomic E-state index is 0.258. The van der Waals surface area contributed by atoms with Gasteiger partial charge in [0.05, 0.1) is 24.3 Å². The van der Waals surface area contributed by atoms with E-state index >= 15 is 0 Å². The van der Waals surface area contributed by atoms with E-state index in [1.54, 1.807) is 30.3 Å². The van der Waals surface area contributed by atoms with Gasteiger partial charge >= 0.3 is 5.97 Å². The van der Waals surface area contributed by atoms with Crippen molar-refractivity contribution >= 4 is 33.5 Å². The van der Waals surface area contributed by atoms with E-state index in [9.17, 15) is 9.59 Å². The second kappa shape index (κ2) is 8.13. The zero-order chi connectivity index (χ0) is 17.5. The van der Waals surface area contributed by atoms with E-state index in [1.165, 1.54) is 19.2 Å². The smallest absolute Gasteiger partial charge is 0.339 e. The number of rotatable bonds is 5. The van der Waals surface area contributed by atoms with Gasteiger partial charge in [-0.15, -0.1) is 0 Å². The Labute approximate surface area is 147 Å². The summed E-state index contributed by atoms with van der Waals surface area (Å²) in [5.41, 5.74) is 1.14. The Morgan fingerprint density at radius 2 is 2.04 bits per heavy atom. The largest absolute Gasteiger partial charge is 0.497 e. The van der Waals surface area contributed by atoms with E-state index in [1.807, 2.05) is 6.07 Å². The second-order valence-corrected chi connectivity index (χ2v) is 5.52.